The first kappa shape index (κ1) is 24.0. The van der Waals surface area contributed by atoms with Gasteiger partial charge in [-0.05, 0) is 95.9 Å². The fourth-order valence-corrected chi connectivity index (χ4v) is 7.52. The summed E-state index contributed by atoms with van der Waals surface area (Å²) < 4.78 is 22.0. The molecule has 2 aliphatic heterocycles. The number of hydrogen-bond donors (Lipinski definition) is 1. The maximum atomic E-state index is 6.88. The van der Waals surface area contributed by atoms with Crippen LogP contribution in [0.4, 0.5) is 0 Å². The average molecular weight is 569 g/mol. The highest BCUT2D eigenvalue weighted by Gasteiger charge is 2.40. The first-order chi connectivity index (χ1) is 21.5. The number of furan rings is 1. The van der Waals surface area contributed by atoms with Gasteiger partial charge in [0.05, 0.1) is 7.05 Å². The third-order valence-electron chi connectivity index (χ3n) is 9.79. The molecule has 2 aliphatic rings. The molecule has 44 heavy (non-hydrogen) atoms. The van der Waals surface area contributed by atoms with E-state index in [1.165, 1.54) is 21.9 Å². The molecule has 0 unspecified atom stereocenters. The van der Waals surface area contributed by atoms with Gasteiger partial charge in [-0.1, -0.05) is 42.5 Å². The molecule has 1 N–H and O–H groups in total. The van der Waals surface area contributed by atoms with Crippen LogP contribution >= 0.6 is 0 Å². The van der Waals surface area contributed by atoms with E-state index in [0.717, 1.165) is 83.7 Å². The summed E-state index contributed by atoms with van der Waals surface area (Å²) in [6.45, 7) is 4.36. The molecule has 0 fully saturated rings. The highest BCUT2D eigenvalue weighted by Crippen LogP contribution is 2.42. The first-order valence-corrected chi connectivity index (χ1v) is 15.0. The number of aryl methyl sites for hydroxylation is 2. The second-order valence-corrected chi connectivity index (χ2v) is 12.1. The molecule has 4 heterocycles. The molecule has 0 amide bonds. The molecule has 0 bridgehead atoms. The summed E-state index contributed by atoms with van der Waals surface area (Å²) in [6.07, 6.45) is 0. The van der Waals surface area contributed by atoms with Crippen molar-refractivity contribution in [2.75, 3.05) is 0 Å². The Kier molecular flexibility index (Phi) is 4.54. The second-order valence-electron chi connectivity index (χ2n) is 12.1. The maximum absolute atomic E-state index is 6.88. The van der Waals surface area contributed by atoms with Gasteiger partial charge in [0.2, 0.25) is 0 Å². The van der Waals surface area contributed by atoms with Crippen molar-refractivity contribution in [2.45, 2.75) is 13.8 Å². The summed E-state index contributed by atoms with van der Waals surface area (Å²) in [5, 5.41) is 4.55. The number of H-pyrrole nitrogens is 1. The summed E-state index contributed by atoms with van der Waals surface area (Å²) >= 11 is 0. The Hall–Kier alpha value is -5.49. The quantitative estimate of drug-likeness (QED) is 0.170. The highest BCUT2D eigenvalue weighted by atomic mass is 16.5. The average Bonchev–Trinajstić information content (AvgIpc) is 3.57. The summed E-state index contributed by atoms with van der Waals surface area (Å²) in [6, 6.07) is 33.9. The third-order valence-corrected chi connectivity index (χ3v) is 9.79. The van der Waals surface area contributed by atoms with Crippen molar-refractivity contribution in [3.63, 3.8) is 0 Å². The zero-order valence-electron chi connectivity index (χ0n) is 24.5. The lowest BCUT2D eigenvalue weighted by Gasteiger charge is -2.32. The van der Waals surface area contributed by atoms with E-state index in [0.29, 0.717) is 0 Å². The SMILES string of the molecule is Cc1cc2c(oc3cc4c(cc32)Oc2cccc3c2B4c2ccccc2O3)c(-c2[nH]c3c4ccccc4ccc3[n+]2C)c1C. The molecule has 0 radical (unpaired) electrons. The monoisotopic (exact) mass is 569 g/mol. The van der Waals surface area contributed by atoms with Crippen LogP contribution in [0.1, 0.15) is 11.1 Å². The van der Waals surface area contributed by atoms with Gasteiger partial charge in [0, 0.05) is 21.6 Å². The topological polar surface area (TPSA) is 51.3 Å². The van der Waals surface area contributed by atoms with Crippen molar-refractivity contribution in [1.82, 2.24) is 4.98 Å². The van der Waals surface area contributed by atoms with E-state index in [1.54, 1.807) is 0 Å². The number of hydrogen-bond acceptors (Lipinski definition) is 3. The highest BCUT2D eigenvalue weighted by molar-refractivity contribution is 6.98. The van der Waals surface area contributed by atoms with Crippen molar-refractivity contribution in [2.24, 2.45) is 7.05 Å². The number of benzene rings is 6. The lowest BCUT2D eigenvalue weighted by Crippen LogP contribution is -2.57. The molecule has 6 heteroatoms. The molecule has 0 saturated heterocycles. The number of ether oxygens (including phenoxy) is 2. The van der Waals surface area contributed by atoms with E-state index in [1.807, 2.05) is 30.3 Å². The summed E-state index contributed by atoms with van der Waals surface area (Å²) in [7, 11) is 2.13. The molecule has 5 nitrogen and oxygen atoms in total. The van der Waals surface area contributed by atoms with E-state index in [9.17, 15) is 0 Å². The molecule has 10 rings (SSSR count). The van der Waals surface area contributed by atoms with Crippen molar-refractivity contribution in [1.29, 1.82) is 0 Å². The van der Waals surface area contributed by atoms with Crippen LogP contribution in [0.5, 0.6) is 23.0 Å². The van der Waals surface area contributed by atoms with Gasteiger partial charge in [-0.25, -0.2) is 9.55 Å². The van der Waals surface area contributed by atoms with Crippen LogP contribution < -0.4 is 30.4 Å². The number of aromatic nitrogens is 2. The van der Waals surface area contributed by atoms with E-state index >= 15 is 0 Å². The van der Waals surface area contributed by atoms with E-state index in [-0.39, 0.29) is 6.71 Å². The Labute approximate surface area is 253 Å². The number of para-hydroxylation sites is 1. The standard InChI is InChI=1S/C38H25BN2O3/c1-20-17-25-24-18-33-27(39-26-11-6-7-12-29(26)42-30-13-8-14-31(43-33)35(30)39)19-32(24)44-37(25)34(21(20)2)38-40-36-23-10-5-4-9-22(23)15-16-28(36)41(38)3/h4-19H,1-3H3/p+1. The largest absolute Gasteiger partial charge is 0.458 e. The Bertz CT molecular complexity index is 2560. The number of nitrogens with one attached hydrogen (secondary N) is 1. The Morgan fingerprint density at radius 2 is 1.45 bits per heavy atom. The molecule has 0 saturated carbocycles. The zero-order chi connectivity index (χ0) is 29.3. The van der Waals surface area contributed by atoms with Gasteiger partial charge in [-0.2, -0.15) is 0 Å². The van der Waals surface area contributed by atoms with Crippen molar-refractivity contribution in [3.8, 4) is 34.4 Å². The van der Waals surface area contributed by atoms with Gasteiger partial charge in [0.25, 0.3) is 12.5 Å². The van der Waals surface area contributed by atoms with Crippen LogP contribution in [0.2, 0.25) is 0 Å². The molecular formula is C38H26BN2O3+. The number of aromatic amines is 1. The van der Waals surface area contributed by atoms with Gasteiger partial charge in [-0.15, -0.1) is 0 Å². The number of rotatable bonds is 1. The van der Waals surface area contributed by atoms with Crippen molar-refractivity contribution in [3.05, 3.63) is 108 Å². The van der Waals surface area contributed by atoms with Crippen LogP contribution in [-0.2, 0) is 7.05 Å². The number of imidazole rings is 1. The smallest absolute Gasteiger partial charge is 0.291 e. The van der Waals surface area contributed by atoms with Crippen LogP contribution in [0, 0.1) is 13.8 Å². The van der Waals surface area contributed by atoms with Gasteiger partial charge >= 0.3 is 0 Å². The second kappa shape index (κ2) is 8.32. The molecular weight excluding hydrogens is 543 g/mol. The lowest BCUT2D eigenvalue weighted by molar-refractivity contribution is -0.633. The molecule has 0 aliphatic carbocycles. The zero-order valence-corrected chi connectivity index (χ0v) is 24.5. The fraction of sp³-hybridized carbons (Fsp3) is 0.0789. The van der Waals surface area contributed by atoms with Crippen LogP contribution in [0.15, 0.2) is 101 Å². The van der Waals surface area contributed by atoms with Crippen molar-refractivity contribution < 1.29 is 18.5 Å². The summed E-state index contributed by atoms with van der Waals surface area (Å²) in [5.41, 5.74) is 10.8. The fourth-order valence-electron chi connectivity index (χ4n) is 7.52. The van der Waals surface area contributed by atoms with Crippen molar-refractivity contribution >= 4 is 66.8 Å². The maximum Gasteiger partial charge on any atom is 0.291 e. The molecule has 208 valence electrons. The molecule has 0 atom stereocenters. The minimum absolute atomic E-state index is 0.00441. The minimum atomic E-state index is -0.00441. The van der Waals surface area contributed by atoms with E-state index < -0.39 is 0 Å². The number of nitrogens with zero attached hydrogens (tertiary/aromatic N) is 1. The van der Waals surface area contributed by atoms with Crippen LogP contribution in [0.3, 0.4) is 0 Å². The molecule has 2 aromatic heterocycles. The van der Waals surface area contributed by atoms with Gasteiger partial charge < -0.3 is 13.9 Å². The Balaban J connectivity index is 1.25. The summed E-state index contributed by atoms with van der Waals surface area (Å²) in [4.78, 5) is 3.80. The molecule has 8 aromatic rings. The van der Waals surface area contributed by atoms with Gasteiger partial charge in [0.15, 0.2) is 16.6 Å². The predicted molar refractivity (Wildman–Crippen MR) is 177 cm³/mol. The van der Waals surface area contributed by atoms with E-state index in [4.69, 9.17) is 13.9 Å². The Morgan fingerprint density at radius 3 is 2.34 bits per heavy atom. The lowest BCUT2D eigenvalue weighted by atomic mass is 9.35. The first-order valence-electron chi connectivity index (χ1n) is 15.0. The Morgan fingerprint density at radius 1 is 0.682 bits per heavy atom. The van der Waals surface area contributed by atoms with Crippen LogP contribution in [0.25, 0.3) is 55.1 Å². The predicted octanol–water partition coefficient (Wildman–Crippen LogP) is 7.06. The normalized spacial score (nSPS) is 13.2. The summed E-state index contributed by atoms with van der Waals surface area (Å²) in [5.74, 6) is 4.44. The van der Waals surface area contributed by atoms with E-state index in [2.05, 4.69) is 97.2 Å². The van der Waals surface area contributed by atoms with Gasteiger partial charge in [0.1, 0.15) is 34.1 Å². The number of fused-ring (bicyclic) bond motifs is 10. The van der Waals surface area contributed by atoms with Gasteiger partial charge in [-0.3, -0.25) is 0 Å². The molecule has 0 spiro atoms. The van der Waals surface area contributed by atoms with Crippen LogP contribution in [-0.4, -0.2) is 11.7 Å². The molecule has 6 aromatic carbocycles. The third kappa shape index (κ3) is 3.02. The minimum Gasteiger partial charge on any atom is -0.458 e.